The Bertz CT molecular complexity index is 645. The normalized spacial score (nSPS) is 12.0. The predicted octanol–water partition coefficient (Wildman–Crippen LogP) is 2.68. The average Bonchev–Trinajstić information content (AvgIpc) is 2.86. The first-order valence-electron chi connectivity index (χ1n) is 7.54. The molecule has 0 aliphatic carbocycles. The maximum absolute atomic E-state index is 12.3. The number of hydrogen-bond donors (Lipinski definition) is 1. The van der Waals surface area contributed by atoms with Crippen molar-refractivity contribution in [2.45, 2.75) is 26.8 Å². The van der Waals surface area contributed by atoms with Crippen molar-refractivity contribution >= 4 is 11.6 Å². The molecule has 118 valence electrons. The first-order chi connectivity index (χ1) is 10.4. The van der Waals surface area contributed by atoms with Crippen molar-refractivity contribution in [2.75, 3.05) is 18.5 Å². The lowest BCUT2D eigenvalue weighted by Gasteiger charge is -2.17. The molecule has 1 unspecified atom stereocenters. The van der Waals surface area contributed by atoms with Crippen LogP contribution in [-0.2, 0) is 7.05 Å². The van der Waals surface area contributed by atoms with Gasteiger partial charge in [0.25, 0.3) is 5.91 Å². The summed E-state index contributed by atoms with van der Waals surface area (Å²) >= 11 is 0. The van der Waals surface area contributed by atoms with Gasteiger partial charge in [-0.05, 0) is 45.0 Å². The molecule has 1 amide bonds. The third kappa shape index (κ3) is 3.30. The number of amides is 1. The molecule has 1 aromatic carbocycles. The molecule has 0 bridgehead atoms. The molecule has 1 heterocycles. The zero-order valence-corrected chi connectivity index (χ0v) is 13.9. The van der Waals surface area contributed by atoms with Crippen LogP contribution < -0.4 is 10.2 Å². The summed E-state index contributed by atoms with van der Waals surface area (Å²) in [7, 11) is 3.93. The van der Waals surface area contributed by atoms with Crippen LogP contribution in [0.1, 0.15) is 41.5 Å². The predicted molar refractivity (Wildman–Crippen MR) is 89.2 cm³/mol. The van der Waals surface area contributed by atoms with E-state index >= 15 is 0 Å². The summed E-state index contributed by atoms with van der Waals surface area (Å²) < 4.78 is 1.81. The second-order valence-electron chi connectivity index (χ2n) is 5.57. The van der Waals surface area contributed by atoms with Crippen molar-refractivity contribution < 1.29 is 4.79 Å². The van der Waals surface area contributed by atoms with Crippen LogP contribution in [0.2, 0.25) is 0 Å². The largest absolute Gasteiger partial charge is 0.375 e. The van der Waals surface area contributed by atoms with Gasteiger partial charge in [0.2, 0.25) is 0 Å². The van der Waals surface area contributed by atoms with Crippen molar-refractivity contribution in [1.29, 1.82) is 0 Å². The molecule has 1 atom stereocenters. The quantitative estimate of drug-likeness (QED) is 0.923. The van der Waals surface area contributed by atoms with Gasteiger partial charge in [0.05, 0.1) is 12.2 Å². The fraction of sp³-hybridized carbons (Fsp3) is 0.412. The van der Waals surface area contributed by atoms with E-state index in [1.807, 2.05) is 56.9 Å². The number of benzene rings is 1. The fourth-order valence-corrected chi connectivity index (χ4v) is 2.35. The summed E-state index contributed by atoms with van der Waals surface area (Å²) in [4.78, 5) is 14.5. The van der Waals surface area contributed by atoms with Gasteiger partial charge in [-0.3, -0.25) is 9.48 Å². The van der Waals surface area contributed by atoms with Crippen LogP contribution in [-0.4, -0.2) is 29.3 Å². The second kappa shape index (κ2) is 6.64. The highest BCUT2D eigenvalue weighted by atomic mass is 16.1. The average molecular weight is 300 g/mol. The minimum atomic E-state index is -0.0702. The summed E-state index contributed by atoms with van der Waals surface area (Å²) in [6, 6.07) is 7.59. The highest BCUT2D eigenvalue weighted by Gasteiger charge is 2.15. The van der Waals surface area contributed by atoms with Crippen LogP contribution in [0.25, 0.3) is 0 Å². The number of anilines is 1. The van der Waals surface area contributed by atoms with Gasteiger partial charge in [-0.15, -0.1) is 0 Å². The van der Waals surface area contributed by atoms with E-state index in [0.717, 1.165) is 23.5 Å². The molecule has 0 aliphatic rings. The van der Waals surface area contributed by atoms with Gasteiger partial charge >= 0.3 is 0 Å². The Hall–Kier alpha value is -2.30. The van der Waals surface area contributed by atoms with E-state index in [2.05, 4.69) is 22.2 Å². The third-order valence-electron chi connectivity index (χ3n) is 4.13. The molecule has 22 heavy (non-hydrogen) atoms. The lowest BCUT2D eigenvalue weighted by atomic mass is 10.1. The number of nitrogens with zero attached hydrogens (tertiary/aromatic N) is 3. The smallest absolute Gasteiger partial charge is 0.251 e. The van der Waals surface area contributed by atoms with E-state index < -0.39 is 0 Å². The molecule has 1 aromatic heterocycles. The summed E-state index contributed by atoms with van der Waals surface area (Å²) in [6.45, 7) is 7.00. The number of hydrogen-bond acceptors (Lipinski definition) is 3. The minimum Gasteiger partial charge on any atom is -0.375 e. The van der Waals surface area contributed by atoms with E-state index in [4.69, 9.17) is 0 Å². The monoisotopic (exact) mass is 300 g/mol. The van der Waals surface area contributed by atoms with Crippen molar-refractivity contribution in [2.24, 2.45) is 7.05 Å². The van der Waals surface area contributed by atoms with Gasteiger partial charge in [0.1, 0.15) is 0 Å². The van der Waals surface area contributed by atoms with Crippen LogP contribution in [0.4, 0.5) is 5.69 Å². The highest BCUT2D eigenvalue weighted by molar-refractivity contribution is 5.94. The van der Waals surface area contributed by atoms with Crippen LogP contribution in [0.5, 0.6) is 0 Å². The molecule has 5 nitrogen and oxygen atoms in total. The molecular formula is C17H24N4O. The Morgan fingerprint density at radius 2 is 2.00 bits per heavy atom. The van der Waals surface area contributed by atoms with E-state index in [0.29, 0.717) is 5.56 Å². The zero-order chi connectivity index (χ0) is 16.3. The van der Waals surface area contributed by atoms with E-state index in [1.165, 1.54) is 0 Å². The van der Waals surface area contributed by atoms with Crippen LogP contribution in [0.3, 0.4) is 0 Å². The van der Waals surface area contributed by atoms with E-state index in [-0.39, 0.29) is 11.9 Å². The van der Waals surface area contributed by atoms with Crippen molar-refractivity contribution in [3.8, 4) is 0 Å². The molecular weight excluding hydrogens is 276 g/mol. The lowest BCUT2D eigenvalue weighted by Crippen LogP contribution is -2.27. The number of rotatable bonds is 5. The summed E-state index contributed by atoms with van der Waals surface area (Å²) in [5.74, 6) is -0.0681. The Labute approximate surface area is 131 Å². The van der Waals surface area contributed by atoms with E-state index in [1.54, 1.807) is 6.20 Å². The van der Waals surface area contributed by atoms with Gasteiger partial charge in [-0.1, -0.05) is 0 Å². The molecule has 0 aliphatic heterocycles. The summed E-state index contributed by atoms with van der Waals surface area (Å²) in [6.07, 6.45) is 1.81. The molecule has 2 rings (SSSR count). The Balaban J connectivity index is 2.07. The third-order valence-corrected chi connectivity index (χ3v) is 4.13. The number of carbonyl (C=O) groups is 1. The van der Waals surface area contributed by atoms with E-state index in [9.17, 15) is 4.79 Å². The molecule has 5 heteroatoms. The standard InChI is InChI=1S/C17H24N4O/c1-6-20(4)15-9-7-14(8-10-15)17(22)19-12(2)16-11-18-21(5)13(16)3/h7-12H,6H2,1-5H3,(H,19,22). The molecule has 0 saturated carbocycles. The Kier molecular flexibility index (Phi) is 4.85. The van der Waals surface area contributed by atoms with Gasteiger partial charge in [-0.2, -0.15) is 5.10 Å². The topological polar surface area (TPSA) is 50.2 Å². The number of aryl methyl sites for hydroxylation is 1. The lowest BCUT2D eigenvalue weighted by molar-refractivity contribution is 0.0940. The van der Waals surface area contributed by atoms with Crippen molar-refractivity contribution in [3.05, 3.63) is 47.3 Å². The number of nitrogens with one attached hydrogen (secondary N) is 1. The van der Waals surface area contributed by atoms with Gasteiger partial charge in [-0.25, -0.2) is 0 Å². The highest BCUT2D eigenvalue weighted by Crippen LogP contribution is 2.18. The molecule has 1 N–H and O–H groups in total. The summed E-state index contributed by atoms with van der Waals surface area (Å²) in [5, 5.41) is 7.24. The molecule has 0 saturated heterocycles. The van der Waals surface area contributed by atoms with Gasteiger partial charge in [0.15, 0.2) is 0 Å². The molecule has 0 fully saturated rings. The second-order valence-corrected chi connectivity index (χ2v) is 5.57. The van der Waals surface area contributed by atoms with Crippen LogP contribution in [0, 0.1) is 6.92 Å². The Morgan fingerprint density at radius 1 is 1.36 bits per heavy atom. The maximum Gasteiger partial charge on any atom is 0.251 e. The fourth-order valence-electron chi connectivity index (χ4n) is 2.35. The number of carbonyl (C=O) groups excluding carboxylic acids is 1. The van der Waals surface area contributed by atoms with Crippen LogP contribution >= 0.6 is 0 Å². The minimum absolute atomic E-state index is 0.0681. The van der Waals surface area contributed by atoms with Crippen molar-refractivity contribution in [1.82, 2.24) is 15.1 Å². The zero-order valence-electron chi connectivity index (χ0n) is 13.9. The van der Waals surface area contributed by atoms with Gasteiger partial charge < -0.3 is 10.2 Å². The SMILES string of the molecule is CCN(C)c1ccc(C(=O)NC(C)c2cnn(C)c2C)cc1. The Morgan fingerprint density at radius 3 is 2.50 bits per heavy atom. The first kappa shape index (κ1) is 16.1. The molecule has 0 radical (unpaired) electrons. The maximum atomic E-state index is 12.3. The number of aromatic nitrogens is 2. The van der Waals surface area contributed by atoms with Gasteiger partial charge in [0, 0.05) is 43.1 Å². The summed E-state index contributed by atoms with van der Waals surface area (Å²) in [5.41, 5.74) is 3.88. The molecule has 2 aromatic rings. The van der Waals surface area contributed by atoms with Crippen LogP contribution in [0.15, 0.2) is 30.5 Å². The molecule has 0 spiro atoms. The first-order valence-corrected chi connectivity index (χ1v) is 7.54. The van der Waals surface area contributed by atoms with Crippen molar-refractivity contribution in [3.63, 3.8) is 0 Å².